The summed E-state index contributed by atoms with van der Waals surface area (Å²) < 4.78 is 5.82. The number of aliphatic hydroxyl groups excluding tert-OH is 1. The maximum absolute atomic E-state index is 11.4. The van der Waals surface area contributed by atoms with Gasteiger partial charge in [-0.05, 0) is 12.8 Å². The fourth-order valence-corrected chi connectivity index (χ4v) is 3.61. The maximum Gasteiger partial charge on any atom is 0.312 e. The van der Waals surface area contributed by atoms with E-state index >= 15 is 0 Å². The molecule has 2 N–H and O–H groups in total. The minimum atomic E-state index is -0.901. The molecule has 1 aliphatic carbocycles. The molecule has 94 valence electrons. The zero-order valence-corrected chi connectivity index (χ0v) is 9.60. The molecule has 0 atom stereocenters. The van der Waals surface area contributed by atoms with Crippen LogP contribution in [0.5, 0.6) is 0 Å². The van der Waals surface area contributed by atoms with E-state index in [1.807, 2.05) is 0 Å². The summed E-state index contributed by atoms with van der Waals surface area (Å²) in [5, 5.41) is 18.7. The van der Waals surface area contributed by atoms with Crippen molar-refractivity contribution in [3.05, 3.63) is 0 Å². The van der Waals surface area contributed by atoms with E-state index in [4.69, 9.17) is 4.74 Å². The second-order valence-electron chi connectivity index (χ2n) is 5.55. The van der Waals surface area contributed by atoms with Crippen LogP contribution in [0.2, 0.25) is 0 Å². The molecule has 6 heteroatoms. The van der Waals surface area contributed by atoms with E-state index in [0.29, 0.717) is 25.9 Å². The molecule has 4 fully saturated rings. The van der Waals surface area contributed by atoms with Crippen molar-refractivity contribution >= 4 is 11.9 Å². The zero-order chi connectivity index (χ0) is 12.5. The second kappa shape index (κ2) is 2.81. The summed E-state index contributed by atoms with van der Waals surface area (Å²) in [4.78, 5) is 24.2. The number of carbonyl (C=O) groups excluding carboxylic acids is 1. The summed E-state index contributed by atoms with van der Waals surface area (Å²) in [5.41, 5.74) is -2.35. The number of aliphatic carboxylic acids is 1. The van der Waals surface area contributed by atoms with Gasteiger partial charge >= 0.3 is 5.97 Å². The molecule has 0 radical (unpaired) electrons. The number of carboxylic acid groups (broad SMARTS) is 1. The summed E-state index contributed by atoms with van der Waals surface area (Å²) in [5.74, 6) is -0.941. The number of likely N-dealkylation sites (tertiary alicyclic amines) is 1. The Labute approximate surface area is 98.2 Å². The molecule has 4 rings (SSSR count). The first-order valence-corrected chi connectivity index (χ1v) is 5.69. The van der Waals surface area contributed by atoms with Gasteiger partial charge in [0, 0.05) is 6.92 Å². The molecule has 3 heterocycles. The lowest BCUT2D eigenvalue weighted by Crippen LogP contribution is -2.70. The summed E-state index contributed by atoms with van der Waals surface area (Å²) in [6.45, 7) is 1.97. The first-order chi connectivity index (χ1) is 7.89. The van der Waals surface area contributed by atoms with E-state index in [-0.39, 0.29) is 12.5 Å². The number of amides is 1. The van der Waals surface area contributed by atoms with Crippen molar-refractivity contribution in [1.29, 1.82) is 0 Å². The molecular weight excluding hydrogens is 226 g/mol. The molecule has 0 unspecified atom stereocenters. The standard InChI is InChI=1S/C11H15NO5/c1-7(14)12-4-11(5-12)10(8(15)16)2-9(3-10,6-13)17-11/h13H,2-6H2,1H3,(H,15,16). The van der Waals surface area contributed by atoms with Gasteiger partial charge in [-0.3, -0.25) is 9.59 Å². The van der Waals surface area contributed by atoms with Gasteiger partial charge in [0.1, 0.15) is 11.0 Å². The lowest BCUT2D eigenvalue weighted by atomic mass is 9.54. The molecular formula is C11H15NO5. The van der Waals surface area contributed by atoms with Crippen molar-refractivity contribution in [2.24, 2.45) is 5.41 Å². The number of hydrogen-bond donors (Lipinski definition) is 2. The summed E-state index contributed by atoms with van der Waals surface area (Å²) in [7, 11) is 0. The van der Waals surface area contributed by atoms with Crippen LogP contribution in [0.15, 0.2) is 0 Å². The Morgan fingerprint density at radius 3 is 2.35 bits per heavy atom. The molecule has 6 nitrogen and oxygen atoms in total. The number of ether oxygens (including phenoxy) is 1. The molecule has 2 bridgehead atoms. The molecule has 1 spiro atoms. The first-order valence-electron chi connectivity index (χ1n) is 5.69. The second-order valence-corrected chi connectivity index (χ2v) is 5.55. The van der Waals surface area contributed by atoms with Gasteiger partial charge in [-0.2, -0.15) is 0 Å². The monoisotopic (exact) mass is 241 g/mol. The Balaban J connectivity index is 1.87. The van der Waals surface area contributed by atoms with E-state index in [1.165, 1.54) is 6.92 Å². The van der Waals surface area contributed by atoms with Crippen LogP contribution in [0.3, 0.4) is 0 Å². The highest BCUT2D eigenvalue weighted by atomic mass is 16.6. The number of hydrogen-bond acceptors (Lipinski definition) is 4. The molecule has 0 aromatic rings. The van der Waals surface area contributed by atoms with E-state index < -0.39 is 22.6 Å². The minimum absolute atomic E-state index is 0.0677. The third-order valence-corrected chi connectivity index (χ3v) is 4.57. The lowest BCUT2D eigenvalue weighted by Gasteiger charge is -2.52. The predicted octanol–water partition coefficient (Wildman–Crippen LogP) is -0.787. The van der Waals surface area contributed by atoms with Gasteiger partial charge in [0.05, 0.1) is 25.3 Å². The average molecular weight is 241 g/mol. The number of rotatable bonds is 2. The summed E-state index contributed by atoms with van der Waals surface area (Å²) >= 11 is 0. The largest absolute Gasteiger partial charge is 0.481 e. The fraction of sp³-hybridized carbons (Fsp3) is 0.818. The van der Waals surface area contributed by atoms with Crippen molar-refractivity contribution in [2.45, 2.75) is 31.0 Å². The third-order valence-electron chi connectivity index (χ3n) is 4.57. The average Bonchev–Trinajstić information content (AvgIpc) is 2.60. The summed E-state index contributed by atoms with van der Waals surface area (Å²) in [6, 6.07) is 0. The van der Waals surface area contributed by atoms with Crippen LogP contribution < -0.4 is 0 Å². The molecule has 1 saturated carbocycles. The molecule has 0 aromatic heterocycles. The van der Waals surface area contributed by atoms with Crippen LogP contribution in [-0.2, 0) is 14.3 Å². The van der Waals surface area contributed by atoms with Crippen molar-refractivity contribution in [3.63, 3.8) is 0 Å². The van der Waals surface area contributed by atoms with Crippen molar-refractivity contribution in [2.75, 3.05) is 19.7 Å². The Kier molecular flexibility index (Phi) is 1.82. The normalized spacial score (nSPS) is 40.9. The van der Waals surface area contributed by atoms with E-state index in [1.54, 1.807) is 4.90 Å². The van der Waals surface area contributed by atoms with Crippen LogP contribution in [0, 0.1) is 5.41 Å². The molecule has 17 heavy (non-hydrogen) atoms. The van der Waals surface area contributed by atoms with Crippen molar-refractivity contribution in [1.82, 2.24) is 4.90 Å². The predicted molar refractivity (Wildman–Crippen MR) is 55.2 cm³/mol. The maximum atomic E-state index is 11.4. The van der Waals surface area contributed by atoms with Crippen LogP contribution in [0.4, 0.5) is 0 Å². The smallest absolute Gasteiger partial charge is 0.312 e. The molecule has 1 amide bonds. The van der Waals surface area contributed by atoms with Gasteiger partial charge in [0.15, 0.2) is 0 Å². The minimum Gasteiger partial charge on any atom is -0.481 e. The van der Waals surface area contributed by atoms with Gasteiger partial charge in [0.2, 0.25) is 5.91 Å². The molecule has 4 aliphatic rings. The zero-order valence-electron chi connectivity index (χ0n) is 9.60. The van der Waals surface area contributed by atoms with Gasteiger partial charge < -0.3 is 19.8 Å². The Hall–Kier alpha value is -1.14. The number of carboxylic acids is 1. The number of nitrogens with zero attached hydrogens (tertiary/aromatic N) is 1. The van der Waals surface area contributed by atoms with E-state index in [2.05, 4.69) is 0 Å². The molecule has 3 aliphatic heterocycles. The van der Waals surface area contributed by atoms with Crippen LogP contribution in [-0.4, -0.2) is 57.9 Å². The van der Waals surface area contributed by atoms with Crippen LogP contribution in [0.1, 0.15) is 19.8 Å². The lowest BCUT2D eigenvalue weighted by molar-refractivity contribution is -0.183. The fourth-order valence-electron chi connectivity index (χ4n) is 3.61. The van der Waals surface area contributed by atoms with Crippen LogP contribution >= 0.6 is 0 Å². The summed E-state index contributed by atoms with van der Waals surface area (Å²) in [6.07, 6.45) is 0.717. The number of carbonyl (C=O) groups is 2. The van der Waals surface area contributed by atoms with E-state index in [9.17, 15) is 19.8 Å². The van der Waals surface area contributed by atoms with Gasteiger partial charge in [0.25, 0.3) is 0 Å². The topological polar surface area (TPSA) is 87.1 Å². The Morgan fingerprint density at radius 2 is 1.94 bits per heavy atom. The first kappa shape index (κ1) is 11.0. The van der Waals surface area contributed by atoms with Gasteiger partial charge in [-0.15, -0.1) is 0 Å². The molecule has 0 aromatic carbocycles. The van der Waals surface area contributed by atoms with E-state index in [0.717, 1.165) is 0 Å². The van der Waals surface area contributed by atoms with Gasteiger partial charge in [-0.25, -0.2) is 0 Å². The Morgan fingerprint density at radius 1 is 1.35 bits per heavy atom. The molecule has 3 saturated heterocycles. The quantitative estimate of drug-likeness (QED) is 0.662. The number of aliphatic hydroxyl groups is 1. The van der Waals surface area contributed by atoms with Crippen molar-refractivity contribution in [3.8, 4) is 0 Å². The SMILES string of the molecule is CC(=O)N1CC2(C1)OC1(CO)CC2(C(=O)O)C1. The third kappa shape index (κ3) is 1.03. The highest BCUT2D eigenvalue weighted by Crippen LogP contribution is 2.68. The highest BCUT2D eigenvalue weighted by molar-refractivity contribution is 5.82. The van der Waals surface area contributed by atoms with Gasteiger partial charge in [-0.1, -0.05) is 0 Å². The van der Waals surface area contributed by atoms with Crippen molar-refractivity contribution < 1.29 is 24.5 Å². The highest BCUT2D eigenvalue weighted by Gasteiger charge is 2.81. The Bertz CT molecular complexity index is 406. The van der Waals surface area contributed by atoms with Crippen LogP contribution in [0.25, 0.3) is 0 Å².